The monoisotopic (exact) mass is 490 g/mol. The van der Waals surface area contributed by atoms with E-state index < -0.39 is 11.9 Å². The summed E-state index contributed by atoms with van der Waals surface area (Å²) in [5, 5.41) is 3.01. The topological polar surface area (TPSA) is 67.9 Å². The number of ether oxygens (including phenoxy) is 2. The third-order valence-electron chi connectivity index (χ3n) is 5.53. The van der Waals surface area contributed by atoms with Crippen LogP contribution in [-0.2, 0) is 17.9 Å². The normalized spacial score (nSPS) is 14.4. The SMILES string of the molecule is CCOc1cc(/C=C2/NC(=O)N(Cc3cccc(C)c3)C2=O)cc(Cl)c1OCc1ccc(C)cc1. The maximum Gasteiger partial charge on any atom is 0.329 e. The highest BCUT2D eigenvalue weighted by molar-refractivity contribution is 6.32. The van der Waals surface area contributed by atoms with E-state index in [1.54, 1.807) is 18.2 Å². The Hall–Kier alpha value is -3.77. The summed E-state index contributed by atoms with van der Waals surface area (Å²) in [6.45, 7) is 6.81. The summed E-state index contributed by atoms with van der Waals surface area (Å²) in [4.78, 5) is 26.6. The van der Waals surface area contributed by atoms with E-state index >= 15 is 0 Å². The van der Waals surface area contributed by atoms with Crippen molar-refractivity contribution in [2.45, 2.75) is 33.9 Å². The molecule has 3 aromatic carbocycles. The van der Waals surface area contributed by atoms with Crippen molar-refractivity contribution in [3.05, 3.63) is 99.2 Å². The van der Waals surface area contributed by atoms with Crippen molar-refractivity contribution in [1.82, 2.24) is 10.2 Å². The molecule has 1 fully saturated rings. The molecule has 0 bridgehead atoms. The summed E-state index contributed by atoms with van der Waals surface area (Å²) in [5.74, 6) is 0.497. The minimum absolute atomic E-state index is 0.175. The molecule has 0 unspecified atom stereocenters. The molecule has 1 aliphatic heterocycles. The molecule has 7 heteroatoms. The van der Waals surface area contributed by atoms with Crippen LogP contribution in [-0.4, -0.2) is 23.4 Å². The Bertz CT molecular complexity index is 1280. The van der Waals surface area contributed by atoms with Crippen molar-refractivity contribution in [2.75, 3.05) is 6.61 Å². The zero-order valence-corrected chi connectivity index (χ0v) is 20.7. The van der Waals surface area contributed by atoms with Gasteiger partial charge >= 0.3 is 6.03 Å². The molecule has 4 rings (SSSR count). The van der Waals surface area contributed by atoms with E-state index in [4.69, 9.17) is 21.1 Å². The Kier molecular flexibility index (Phi) is 7.42. The lowest BCUT2D eigenvalue weighted by Gasteiger charge is -2.15. The second-order valence-corrected chi connectivity index (χ2v) is 8.81. The number of hydrogen-bond acceptors (Lipinski definition) is 4. The van der Waals surface area contributed by atoms with Gasteiger partial charge in [-0.2, -0.15) is 0 Å². The lowest BCUT2D eigenvalue weighted by Crippen LogP contribution is -2.30. The third-order valence-corrected chi connectivity index (χ3v) is 5.81. The molecule has 180 valence electrons. The second kappa shape index (κ2) is 10.7. The maximum absolute atomic E-state index is 12.9. The van der Waals surface area contributed by atoms with E-state index in [9.17, 15) is 9.59 Å². The van der Waals surface area contributed by atoms with Crippen molar-refractivity contribution in [2.24, 2.45) is 0 Å². The summed E-state index contributed by atoms with van der Waals surface area (Å²) < 4.78 is 11.7. The van der Waals surface area contributed by atoms with E-state index in [1.165, 1.54) is 10.5 Å². The van der Waals surface area contributed by atoms with Crippen LogP contribution in [0.4, 0.5) is 4.79 Å². The number of urea groups is 1. The molecule has 1 heterocycles. The van der Waals surface area contributed by atoms with Gasteiger partial charge in [-0.3, -0.25) is 9.69 Å². The number of carbonyl (C=O) groups excluding carboxylic acids is 2. The first-order chi connectivity index (χ1) is 16.8. The lowest BCUT2D eigenvalue weighted by molar-refractivity contribution is -0.123. The number of amides is 3. The minimum Gasteiger partial charge on any atom is -0.490 e. The zero-order chi connectivity index (χ0) is 24.9. The van der Waals surface area contributed by atoms with Gasteiger partial charge in [0.1, 0.15) is 12.3 Å². The standard InChI is InChI=1S/C28H27ClN2O4/c1-4-34-25-15-22(13-23(29)26(25)35-17-20-10-8-18(2)9-11-20)14-24-27(32)31(28(33)30-24)16-21-7-5-6-19(3)12-21/h5-15H,4,16-17H2,1-3H3,(H,30,33)/b24-14+. The molecule has 1 saturated heterocycles. The molecule has 0 atom stereocenters. The smallest absolute Gasteiger partial charge is 0.329 e. The Balaban J connectivity index is 1.55. The van der Waals surface area contributed by atoms with Gasteiger partial charge in [-0.15, -0.1) is 0 Å². The van der Waals surface area contributed by atoms with Crippen molar-refractivity contribution in [3.8, 4) is 11.5 Å². The Morgan fingerprint density at radius 3 is 2.43 bits per heavy atom. The summed E-state index contributed by atoms with van der Waals surface area (Å²) in [5.41, 5.74) is 4.91. The van der Waals surface area contributed by atoms with Crippen molar-refractivity contribution >= 4 is 29.6 Å². The number of rotatable bonds is 8. The van der Waals surface area contributed by atoms with Crippen LogP contribution in [0.5, 0.6) is 11.5 Å². The molecule has 35 heavy (non-hydrogen) atoms. The number of imide groups is 1. The van der Waals surface area contributed by atoms with Crippen LogP contribution < -0.4 is 14.8 Å². The number of nitrogens with one attached hydrogen (secondary N) is 1. The first-order valence-electron chi connectivity index (χ1n) is 11.4. The van der Waals surface area contributed by atoms with Gasteiger partial charge in [-0.05, 0) is 55.7 Å². The van der Waals surface area contributed by atoms with Crippen molar-refractivity contribution in [1.29, 1.82) is 0 Å². The average Bonchev–Trinajstić information content (AvgIpc) is 3.07. The number of benzene rings is 3. The Labute approximate surface area is 210 Å². The van der Waals surface area contributed by atoms with Gasteiger partial charge in [0, 0.05) is 0 Å². The summed E-state index contributed by atoms with van der Waals surface area (Å²) >= 11 is 6.55. The minimum atomic E-state index is -0.461. The van der Waals surface area contributed by atoms with Crippen LogP contribution in [0.15, 0.2) is 66.4 Å². The number of halogens is 1. The summed E-state index contributed by atoms with van der Waals surface area (Å²) in [6, 6.07) is 18.7. The van der Waals surface area contributed by atoms with Gasteiger partial charge in [0.15, 0.2) is 11.5 Å². The van der Waals surface area contributed by atoms with Gasteiger partial charge in [-0.1, -0.05) is 71.3 Å². The summed E-state index contributed by atoms with van der Waals surface area (Å²) in [6.07, 6.45) is 1.59. The second-order valence-electron chi connectivity index (χ2n) is 8.41. The lowest BCUT2D eigenvalue weighted by atomic mass is 10.1. The molecule has 6 nitrogen and oxygen atoms in total. The van der Waals surface area contributed by atoms with Crippen LogP contribution >= 0.6 is 11.6 Å². The predicted octanol–water partition coefficient (Wildman–Crippen LogP) is 6.03. The Morgan fingerprint density at radius 1 is 0.943 bits per heavy atom. The van der Waals surface area contributed by atoms with Crippen LogP contribution in [0.1, 0.15) is 34.7 Å². The fourth-order valence-corrected chi connectivity index (χ4v) is 4.06. The van der Waals surface area contributed by atoms with Crippen LogP contribution in [0, 0.1) is 13.8 Å². The fourth-order valence-electron chi connectivity index (χ4n) is 3.79. The van der Waals surface area contributed by atoms with Crippen LogP contribution in [0.2, 0.25) is 5.02 Å². The zero-order valence-electron chi connectivity index (χ0n) is 19.9. The molecule has 0 aliphatic carbocycles. The first kappa shape index (κ1) is 24.4. The molecule has 3 aromatic rings. The highest BCUT2D eigenvalue weighted by Crippen LogP contribution is 2.38. The van der Waals surface area contributed by atoms with E-state index in [0.29, 0.717) is 35.3 Å². The molecule has 1 N–H and O–H groups in total. The molecular formula is C28H27ClN2O4. The van der Waals surface area contributed by atoms with Gasteiger partial charge in [-0.25, -0.2) is 4.79 Å². The van der Waals surface area contributed by atoms with E-state index in [0.717, 1.165) is 16.7 Å². The molecule has 0 spiro atoms. The van der Waals surface area contributed by atoms with Gasteiger partial charge < -0.3 is 14.8 Å². The van der Waals surface area contributed by atoms with Gasteiger partial charge in [0.2, 0.25) is 0 Å². The molecule has 0 aromatic heterocycles. The molecule has 3 amide bonds. The highest BCUT2D eigenvalue weighted by Gasteiger charge is 2.33. The summed E-state index contributed by atoms with van der Waals surface area (Å²) in [7, 11) is 0. The molecule has 1 aliphatic rings. The van der Waals surface area contributed by atoms with Crippen molar-refractivity contribution in [3.63, 3.8) is 0 Å². The first-order valence-corrected chi connectivity index (χ1v) is 11.8. The fraction of sp³-hybridized carbons (Fsp3) is 0.214. The van der Waals surface area contributed by atoms with Crippen LogP contribution in [0.25, 0.3) is 6.08 Å². The largest absolute Gasteiger partial charge is 0.490 e. The Morgan fingerprint density at radius 2 is 1.71 bits per heavy atom. The maximum atomic E-state index is 12.9. The van der Waals surface area contributed by atoms with Crippen molar-refractivity contribution < 1.29 is 19.1 Å². The number of carbonyl (C=O) groups is 2. The van der Waals surface area contributed by atoms with Crippen LogP contribution in [0.3, 0.4) is 0 Å². The van der Waals surface area contributed by atoms with Gasteiger partial charge in [0.05, 0.1) is 18.2 Å². The molecular weight excluding hydrogens is 464 g/mol. The average molecular weight is 491 g/mol. The van der Waals surface area contributed by atoms with Gasteiger partial charge in [0.25, 0.3) is 5.91 Å². The van der Waals surface area contributed by atoms with E-state index in [-0.39, 0.29) is 12.2 Å². The predicted molar refractivity (Wildman–Crippen MR) is 136 cm³/mol. The molecule has 0 saturated carbocycles. The number of hydrogen-bond donors (Lipinski definition) is 1. The highest BCUT2D eigenvalue weighted by atomic mass is 35.5. The molecule has 0 radical (unpaired) electrons. The quantitative estimate of drug-likeness (QED) is 0.309. The third kappa shape index (κ3) is 5.84. The van der Waals surface area contributed by atoms with E-state index in [1.807, 2.05) is 69.3 Å². The number of aryl methyl sites for hydroxylation is 2. The number of nitrogens with zero attached hydrogens (tertiary/aromatic N) is 1. The van der Waals surface area contributed by atoms with E-state index in [2.05, 4.69) is 5.32 Å².